The van der Waals surface area contributed by atoms with Crippen LogP contribution in [0, 0.1) is 6.92 Å². The fraction of sp³-hybridized carbons (Fsp3) is 0.538. The van der Waals surface area contributed by atoms with E-state index in [0.29, 0.717) is 13.2 Å². The smallest absolute Gasteiger partial charge is 0.0489 e. The molecule has 0 radical (unpaired) electrons. The van der Waals surface area contributed by atoms with Crippen LogP contribution in [0.25, 0.3) is 0 Å². The number of benzene rings is 1. The monoisotopic (exact) mass is 222 g/mol. The first-order valence-electron chi connectivity index (χ1n) is 5.63. The van der Waals surface area contributed by atoms with Crippen LogP contribution in [0.5, 0.6) is 0 Å². The summed E-state index contributed by atoms with van der Waals surface area (Å²) in [5.41, 5.74) is 8.07. The van der Waals surface area contributed by atoms with E-state index < -0.39 is 0 Å². The number of nitrogens with two attached hydrogens (primary N) is 1. The molecule has 0 bridgehead atoms. The highest BCUT2D eigenvalue weighted by atomic mass is 16.5. The lowest BCUT2D eigenvalue weighted by molar-refractivity contribution is 0.177. The summed E-state index contributed by atoms with van der Waals surface area (Å²) in [7, 11) is 1.71. The second kappa shape index (κ2) is 5.87. The molecule has 3 nitrogen and oxygen atoms in total. The maximum Gasteiger partial charge on any atom is 0.0489 e. The lowest BCUT2D eigenvalue weighted by Crippen LogP contribution is -2.43. The molecule has 0 fully saturated rings. The average Bonchev–Trinajstić information content (AvgIpc) is 2.30. The summed E-state index contributed by atoms with van der Waals surface area (Å²) in [5.74, 6) is 0. The number of ether oxygens (including phenoxy) is 1. The summed E-state index contributed by atoms with van der Waals surface area (Å²) in [4.78, 5) is 0. The Morgan fingerprint density at radius 2 is 1.94 bits per heavy atom. The summed E-state index contributed by atoms with van der Waals surface area (Å²) in [6.07, 6.45) is 0.897. The Bertz CT molecular complexity index is 310. The molecule has 1 aromatic carbocycles. The number of hydrogen-bond acceptors (Lipinski definition) is 3. The molecule has 0 saturated carbocycles. The van der Waals surface area contributed by atoms with E-state index in [-0.39, 0.29) is 5.54 Å². The third-order valence-corrected chi connectivity index (χ3v) is 2.81. The minimum Gasteiger partial charge on any atom is -0.385 e. The molecule has 3 heteroatoms. The highest BCUT2D eigenvalue weighted by molar-refractivity contribution is 5.46. The first kappa shape index (κ1) is 13.0. The summed E-state index contributed by atoms with van der Waals surface area (Å²) < 4.78 is 5.10. The quantitative estimate of drug-likeness (QED) is 0.775. The molecule has 3 N–H and O–H groups in total. The summed E-state index contributed by atoms with van der Waals surface area (Å²) >= 11 is 0. The second-order valence-corrected chi connectivity index (χ2v) is 4.50. The first-order valence-corrected chi connectivity index (χ1v) is 5.63. The van der Waals surface area contributed by atoms with Crippen LogP contribution in [0.2, 0.25) is 0 Å². The number of anilines is 1. The molecule has 0 aliphatic rings. The fourth-order valence-corrected chi connectivity index (χ4v) is 1.53. The van der Waals surface area contributed by atoms with Gasteiger partial charge in [-0.2, -0.15) is 0 Å². The standard InChI is InChI=1S/C13H22N2O/c1-11-4-6-12(7-5-11)15-13(2,10-14)8-9-16-3/h4-7,15H,8-10,14H2,1-3H3. The van der Waals surface area contributed by atoms with Gasteiger partial charge in [0.25, 0.3) is 0 Å². The van der Waals surface area contributed by atoms with Gasteiger partial charge in [-0.05, 0) is 32.4 Å². The zero-order chi connectivity index (χ0) is 12.0. The fourth-order valence-electron chi connectivity index (χ4n) is 1.53. The Kier molecular flexibility index (Phi) is 4.77. The van der Waals surface area contributed by atoms with E-state index in [1.54, 1.807) is 7.11 Å². The highest BCUT2D eigenvalue weighted by Crippen LogP contribution is 2.18. The van der Waals surface area contributed by atoms with E-state index in [1.807, 2.05) is 0 Å². The lowest BCUT2D eigenvalue weighted by Gasteiger charge is -2.30. The maximum atomic E-state index is 5.81. The SMILES string of the molecule is COCCC(C)(CN)Nc1ccc(C)cc1. The van der Waals surface area contributed by atoms with Crippen molar-refractivity contribution in [2.75, 3.05) is 25.6 Å². The van der Waals surface area contributed by atoms with Gasteiger partial charge in [0.1, 0.15) is 0 Å². The van der Waals surface area contributed by atoms with Crippen LogP contribution >= 0.6 is 0 Å². The number of aryl methyl sites for hydroxylation is 1. The van der Waals surface area contributed by atoms with Crippen molar-refractivity contribution >= 4 is 5.69 Å². The topological polar surface area (TPSA) is 47.3 Å². The molecule has 90 valence electrons. The van der Waals surface area contributed by atoms with E-state index in [1.165, 1.54) is 5.56 Å². The number of hydrogen-bond donors (Lipinski definition) is 2. The Balaban J connectivity index is 2.64. The van der Waals surface area contributed by atoms with Gasteiger partial charge in [-0.3, -0.25) is 0 Å². The van der Waals surface area contributed by atoms with Gasteiger partial charge < -0.3 is 15.8 Å². The van der Waals surface area contributed by atoms with Crippen molar-refractivity contribution in [2.45, 2.75) is 25.8 Å². The minimum atomic E-state index is -0.106. The van der Waals surface area contributed by atoms with Crippen LogP contribution < -0.4 is 11.1 Å². The van der Waals surface area contributed by atoms with Crippen molar-refractivity contribution in [1.29, 1.82) is 0 Å². The molecule has 0 aliphatic heterocycles. The predicted molar refractivity (Wildman–Crippen MR) is 68.8 cm³/mol. The molecule has 0 saturated heterocycles. The van der Waals surface area contributed by atoms with Gasteiger partial charge in [-0.25, -0.2) is 0 Å². The summed E-state index contributed by atoms with van der Waals surface area (Å²) in [6.45, 7) is 5.50. The molecule has 0 amide bonds. The molecular weight excluding hydrogens is 200 g/mol. The van der Waals surface area contributed by atoms with Crippen LogP contribution in [-0.2, 0) is 4.74 Å². The van der Waals surface area contributed by atoms with Crippen LogP contribution in [0.1, 0.15) is 18.9 Å². The third-order valence-electron chi connectivity index (χ3n) is 2.81. The van der Waals surface area contributed by atoms with E-state index in [2.05, 4.69) is 43.4 Å². The molecule has 1 rings (SSSR count). The number of nitrogens with one attached hydrogen (secondary N) is 1. The van der Waals surface area contributed by atoms with E-state index in [9.17, 15) is 0 Å². The summed E-state index contributed by atoms with van der Waals surface area (Å²) in [5, 5.41) is 3.46. The van der Waals surface area contributed by atoms with E-state index >= 15 is 0 Å². The first-order chi connectivity index (χ1) is 7.59. The third kappa shape index (κ3) is 3.83. The van der Waals surface area contributed by atoms with Crippen molar-refractivity contribution in [3.8, 4) is 0 Å². The number of rotatable bonds is 6. The molecule has 1 aromatic rings. The molecular formula is C13H22N2O. The van der Waals surface area contributed by atoms with Gasteiger partial charge in [0.2, 0.25) is 0 Å². The Morgan fingerprint density at radius 3 is 2.44 bits per heavy atom. The Hall–Kier alpha value is -1.06. The van der Waals surface area contributed by atoms with Crippen molar-refractivity contribution in [3.63, 3.8) is 0 Å². The predicted octanol–water partition coefficient (Wildman–Crippen LogP) is 2.16. The molecule has 0 aromatic heterocycles. The van der Waals surface area contributed by atoms with Gasteiger partial charge in [-0.1, -0.05) is 17.7 Å². The minimum absolute atomic E-state index is 0.106. The van der Waals surface area contributed by atoms with Gasteiger partial charge in [0.05, 0.1) is 0 Å². The van der Waals surface area contributed by atoms with Gasteiger partial charge >= 0.3 is 0 Å². The largest absolute Gasteiger partial charge is 0.385 e. The van der Waals surface area contributed by atoms with Gasteiger partial charge in [0.15, 0.2) is 0 Å². The highest BCUT2D eigenvalue weighted by Gasteiger charge is 2.21. The average molecular weight is 222 g/mol. The Labute approximate surface area is 98.0 Å². The van der Waals surface area contributed by atoms with Crippen LogP contribution in [0.15, 0.2) is 24.3 Å². The molecule has 0 heterocycles. The van der Waals surface area contributed by atoms with Crippen molar-refractivity contribution < 1.29 is 4.74 Å². The normalized spacial score (nSPS) is 14.5. The van der Waals surface area contributed by atoms with E-state index in [4.69, 9.17) is 10.5 Å². The second-order valence-electron chi connectivity index (χ2n) is 4.50. The molecule has 1 unspecified atom stereocenters. The maximum absolute atomic E-state index is 5.81. The van der Waals surface area contributed by atoms with Crippen LogP contribution in [0.3, 0.4) is 0 Å². The zero-order valence-electron chi connectivity index (χ0n) is 10.4. The molecule has 0 aliphatic carbocycles. The number of methoxy groups -OCH3 is 1. The van der Waals surface area contributed by atoms with Gasteiger partial charge in [-0.15, -0.1) is 0 Å². The molecule has 0 spiro atoms. The van der Waals surface area contributed by atoms with Crippen molar-refractivity contribution in [1.82, 2.24) is 0 Å². The molecule has 1 atom stereocenters. The zero-order valence-corrected chi connectivity index (χ0v) is 10.4. The van der Waals surface area contributed by atoms with E-state index in [0.717, 1.165) is 12.1 Å². The van der Waals surface area contributed by atoms with Gasteiger partial charge in [0, 0.05) is 31.5 Å². The lowest BCUT2D eigenvalue weighted by atomic mass is 9.98. The summed E-state index contributed by atoms with van der Waals surface area (Å²) in [6, 6.07) is 8.34. The van der Waals surface area contributed by atoms with Crippen LogP contribution in [0.4, 0.5) is 5.69 Å². The van der Waals surface area contributed by atoms with Crippen molar-refractivity contribution in [3.05, 3.63) is 29.8 Å². The van der Waals surface area contributed by atoms with Crippen molar-refractivity contribution in [2.24, 2.45) is 5.73 Å². The molecule has 16 heavy (non-hydrogen) atoms. The van der Waals surface area contributed by atoms with Crippen LogP contribution in [-0.4, -0.2) is 25.8 Å². The Morgan fingerprint density at radius 1 is 1.31 bits per heavy atom.